The Labute approximate surface area is 159 Å². The Kier molecular flexibility index (Phi) is 5.46. The highest BCUT2D eigenvalue weighted by molar-refractivity contribution is 6.31. The van der Waals surface area contributed by atoms with Crippen molar-refractivity contribution in [1.82, 2.24) is 9.88 Å². The number of hydrogen-bond acceptors (Lipinski definition) is 4. The van der Waals surface area contributed by atoms with Crippen molar-refractivity contribution in [2.45, 2.75) is 6.18 Å². The highest BCUT2D eigenvalue weighted by Gasteiger charge is 2.31. The number of aromatic nitrogens is 1. The van der Waals surface area contributed by atoms with Gasteiger partial charge in [-0.1, -0.05) is 11.6 Å². The van der Waals surface area contributed by atoms with Crippen LogP contribution in [-0.2, 0) is 6.18 Å². The maximum absolute atomic E-state index is 12.8. The first-order chi connectivity index (χ1) is 12.8. The first-order valence-electron chi connectivity index (χ1n) is 8.20. The van der Waals surface area contributed by atoms with E-state index < -0.39 is 11.7 Å². The van der Waals surface area contributed by atoms with E-state index in [1.807, 2.05) is 4.90 Å². The smallest absolute Gasteiger partial charge is 0.417 e. The van der Waals surface area contributed by atoms with Crippen molar-refractivity contribution >= 4 is 23.3 Å². The molecule has 1 saturated heterocycles. The standard InChI is InChI=1S/C18H17ClF3N3O2/c1-27-15-4-3-13(19)10-14(15)17(26)25-8-6-24(7-9-25)16-5-2-12(11-23-16)18(20,21)22/h2-5,10-11H,6-9H2,1H3. The summed E-state index contributed by atoms with van der Waals surface area (Å²) in [4.78, 5) is 20.2. The Bertz CT molecular complexity index is 820. The van der Waals surface area contributed by atoms with Crippen molar-refractivity contribution in [3.63, 3.8) is 0 Å². The first-order valence-corrected chi connectivity index (χ1v) is 8.58. The van der Waals surface area contributed by atoms with Crippen LogP contribution in [0.5, 0.6) is 5.75 Å². The van der Waals surface area contributed by atoms with E-state index >= 15 is 0 Å². The molecule has 0 N–H and O–H groups in total. The lowest BCUT2D eigenvalue weighted by molar-refractivity contribution is -0.137. The van der Waals surface area contributed by atoms with Gasteiger partial charge in [-0.15, -0.1) is 0 Å². The summed E-state index contributed by atoms with van der Waals surface area (Å²) in [5.41, 5.74) is -0.403. The minimum absolute atomic E-state index is 0.200. The number of alkyl halides is 3. The lowest BCUT2D eigenvalue weighted by Crippen LogP contribution is -2.49. The molecule has 0 radical (unpaired) electrons. The lowest BCUT2D eigenvalue weighted by atomic mass is 10.1. The number of rotatable bonds is 3. The van der Waals surface area contributed by atoms with Crippen LogP contribution < -0.4 is 9.64 Å². The molecule has 2 heterocycles. The van der Waals surface area contributed by atoms with Crippen molar-refractivity contribution in [2.75, 3.05) is 38.2 Å². The van der Waals surface area contributed by atoms with Gasteiger partial charge < -0.3 is 14.5 Å². The Morgan fingerprint density at radius 3 is 2.41 bits per heavy atom. The topological polar surface area (TPSA) is 45.7 Å². The molecule has 3 rings (SSSR count). The summed E-state index contributed by atoms with van der Waals surface area (Å²) in [5, 5.41) is 0.437. The number of carbonyl (C=O) groups is 1. The fourth-order valence-electron chi connectivity index (χ4n) is 2.90. The molecular weight excluding hydrogens is 383 g/mol. The van der Waals surface area contributed by atoms with Gasteiger partial charge in [-0.3, -0.25) is 4.79 Å². The Morgan fingerprint density at radius 1 is 1.15 bits per heavy atom. The van der Waals surface area contributed by atoms with Crippen molar-refractivity contribution in [2.24, 2.45) is 0 Å². The van der Waals surface area contributed by atoms with Gasteiger partial charge in [0.05, 0.1) is 18.2 Å². The molecule has 0 unspecified atom stereocenters. The van der Waals surface area contributed by atoms with Gasteiger partial charge in [-0.05, 0) is 30.3 Å². The maximum atomic E-state index is 12.8. The van der Waals surface area contributed by atoms with Gasteiger partial charge in [0.1, 0.15) is 11.6 Å². The van der Waals surface area contributed by atoms with Crippen molar-refractivity contribution in [1.29, 1.82) is 0 Å². The Balaban J connectivity index is 1.67. The third kappa shape index (κ3) is 4.27. The van der Waals surface area contributed by atoms with E-state index in [0.717, 1.165) is 12.3 Å². The predicted molar refractivity (Wildman–Crippen MR) is 95.4 cm³/mol. The number of piperazine rings is 1. The summed E-state index contributed by atoms with van der Waals surface area (Å²) in [6, 6.07) is 7.20. The fourth-order valence-corrected chi connectivity index (χ4v) is 3.07. The largest absolute Gasteiger partial charge is 0.496 e. The van der Waals surface area contributed by atoms with E-state index in [2.05, 4.69) is 4.98 Å². The molecule has 1 amide bonds. The SMILES string of the molecule is COc1ccc(Cl)cc1C(=O)N1CCN(c2ccc(C(F)(F)F)cn2)CC1. The van der Waals surface area contributed by atoms with Gasteiger partial charge in [-0.2, -0.15) is 13.2 Å². The number of ether oxygens (including phenoxy) is 1. The average Bonchev–Trinajstić information content (AvgIpc) is 2.67. The fraction of sp³-hybridized carbons (Fsp3) is 0.333. The van der Waals surface area contributed by atoms with E-state index in [4.69, 9.17) is 16.3 Å². The second kappa shape index (κ2) is 7.64. The monoisotopic (exact) mass is 399 g/mol. The molecule has 9 heteroatoms. The van der Waals surface area contributed by atoms with Crippen LogP contribution in [0.4, 0.5) is 19.0 Å². The molecule has 2 aromatic rings. The van der Waals surface area contributed by atoms with E-state index in [9.17, 15) is 18.0 Å². The zero-order valence-electron chi connectivity index (χ0n) is 14.5. The molecule has 1 aliphatic rings. The molecule has 1 aromatic carbocycles. The molecule has 0 spiro atoms. The minimum atomic E-state index is -4.41. The van der Waals surface area contributed by atoms with Crippen molar-refractivity contribution < 1.29 is 22.7 Å². The molecule has 1 aromatic heterocycles. The molecule has 0 bridgehead atoms. The molecule has 144 valence electrons. The van der Waals surface area contributed by atoms with Gasteiger partial charge in [-0.25, -0.2) is 4.98 Å². The number of nitrogens with zero attached hydrogens (tertiary/aromatic N) is 3. The summed E-state index contributed by atoms with van der Waals surface area (Å²) < 4.78 is 43.1. The first kappa shape index (κ1) is 19.3. The number of benzene rings is 1. The summed E-state index contributed by atoms with van der Waals surface area (Å²) >= 11 is 5.98. The third-order valence-corrected chi connectivity index (χ3v) is 4.59. The van der Waals surface area contributed by atoms with Crippen LogP contribution in [0.2, 0.25) is 5.02 Å². The number of carbonyl (C=O) groups excluding carboxylic acids is 1. The predicted octanol–water partition coefficient (Wildman–Crippen LogP) is 3.72. The van der Waals surface area contributed by atoms with Crippen LogP contribution in [0.3, 0.4) is 0 Å². The van der Waals surface area contributed by atoms with E-state index in [-0.39, 0.29) is 5.91 Å². The lowest BCUT2D eigenvalue weighted by Gasteiger charge is -2.35. The van der Waals surface area contributed by atoms with Crippen molar-refractivity contribution in [3.05, 3.63) is 52.7 Å². The third-order valence-electron chi connectivity index (χ3n) is 4.36. The minimum Gasteiger partial charge on any atom is -0.496 e. The Morgan fingerprint density at radius 2 is 1.85 bits per heavy atom. The highest BCUT2D eigenvalue weighted by Crippen LogP contribution is 2.30. The van der Waals surface area contributed by atoms with Gasteiger partial charge in [0, 0.05) is 37.4 Å². The highest BCUT2D eigenvalue weighted by atomic mass is 35.5. The van der Waals surface area contributed by atoms with Gasteiger partial charge in [0.2, 0.25) is 0 Å². The Hall–Kier alpha value is -2.48. The maximum Gasteiger partial charge on any atom is 0.417 e. The van der Waals surface area contributed by atoms with Gasteiger partial charge >= 0.3 is 6.18 Å². The van der Waals surface area contributed by atoms with Crippen LogP contribution in [0.15, 0.2) is 36.5 Å². The molecule has 5 nitrogen and oxygen atoms in total. The molecule has 1 fully saturated rings. The van der Waals surface area contributed by atoms with Crippen LogP contribution in [0, 0.1) is 0 Å². The van der Waals surface area contributed by atoms with Crippen LogP contribution in [0.25, 0.3) is 0 Å². The van der Waals surface area contributed by atoms with Crippen LogP contribution in [0.1, 0.15) is 15.9 Å². The van der Waals surface area contributed by atoms with E-state index in [1.165, 1.54) is 13.2 Å². The normalized spacial score (nSPS) is 15.0. The average molecular weight is 400 g/mol. The number of amides is 1. The summed E-state index contributed by atoms with van der Waals surface area (Å²) in [6.45, 7) is 1.76. The van der Waals surface area contributed by atoms with Gasteiger partial charge in [0.25, 0.3) is 5.91 Å². The van der Waals surface area contributed by atoms with E-state index in [1.54, 1.807) is 23.1 Å². The molecule has 0 saturated carbocycles. The number of halogens is 4. The second-order valence-electron chi connectivity index (χ2n) is 6.03. The summed E-state index contributed by atoms with van der Waals surface area (Å²) in [5.74, 6) is 0.695. The van der Waals surface area contributed by atoms with Crippen LogP contribution >= 0.6 is 11.6 Å². The zero-order chi connectivity index (χ0) is 19.6. The van der Waals surface area contributed by atoms with Gasteiger partial charge in [0.15, 0.2) is 0 Å². The number of anilines is 1. The number of methoxy groups -OCH3 is 1. The van der Waals surface area contributed by atoms with Crippen LogP contribution in [-0.4, -0.2) is 49.1 Å². The quantitative estimate of drug-likeness (QED) is 0.789. The zero-order valence-corrected chi connectivity index (χ0v) is 15.2. The second-order valence-corrected chi connectivity index (χ2v) is 6.46. The molecule has 1 aliphatic heterocycles. The summed E-state index contributed by atoms with van der Waals surface area (Å²) in [6.07, 6.45) is -3.59. The van der Waals surface area contributed by atoms with Crippen molar-refractivity contribution in [3.8, 4) is 5.75 Å². The number of pyridine rings is 1. The molecular formula is C18H17ClF3N3O2. The summed E-state index contributed by atoms with van der Waals surface area (Å²) in [7, 11) is 1.48. The molecule has 27 heavy (non-hydrogen) atoms. The molecule has 0 atom stereocenters. The number of hydrogen-bond donors (Lipinski definition) is 0. The molecule has 0 aliphatic carbocycles. The van der Waals surface area contributed by atoms with E-state index in [0.29, 0.717) is 48.3 Å².